The first-order valence-electron chi connectivity index (χ1n) is 7.00. The molecule has 5 heteroatoms. The third-order valence-corrected chi connectivity index (χ3v) is 3.58. The number of carbonyl (C=O) groups excluding carboxylic acids is 1. The Morgan fingerprint density at radius 2 is 2.05 bits per heavy atom. The quantitative estimate of drug-likeness (QED) is 0.907. The summed E-state index contributed by atoms with van der Waals surface area (Å²) in [5.41, 5.74) is 1.17. The highest BCUT2D eigenvalue weighted by Gasteiger charge is 2.20. The first-order chi connectivity index (χ1) is 9.60. The Bertz CT molecular complexity index is 459. The summed E-state index contributed by atoms with van der Waals surface area (Å²) in [6, 6.07) is 4.44. The highest BCUT2D eigenvalue weighted by molar-refractivity contribution is 5.94. The SMILES string of the molecule is Cc1cc(F)cc(C(=O)N2CCCN(CCO)CC2)c1. The molecule has 0 radical (unpaired) electrons. The Hall–Kier alpha value is -1.46. The van der Waals surface area contributed by atoms with Crippen molar-refractivity contribution in [3.63, 3.8) is 0 Å². The van der Waals surface area contributed by atoms with E-state index in [4.69, 9.17) is 5.11 Å². The van der Waals surface area contributed by atoms with Crippen LogP contribution in [0, 0.1) is 12.7 Å². The van der Waals surface area contributed by atoms with Crippen LogP contribution in [0.2, 0.25) is 0 Å². The van der Waals surface area contributed by atoms with Crippen molar-refractivity contribution in [2.75, 3.05) is 39.3 Å². The van der Waals surface area contributed by atoms with Gasteiger partial charge in [-0.2, -0.15) is 0 Å². The maximum Gasteiger partial charge on any atom is 0.254 e. The summed E-state index contributed by atoms with van der Waals surface area (Å²) in [7, 11) is 0. The predicted octanol–water partition coefficient (Wildman–Crippen LogP) is 1.27. The smallest absolute Gasteiger partial charge is 0.254 e. The van der Waals surface area contributed by atoms with Crippen LogP contribution in [0.3, 0.4) is 0 Å². The van der Waals surface area contributed by atoms with E-state index >= 15 is 0 Å². The van der Waals surface area contributed by atoms with Crippen LogP contribution in [0.5, 0.6) is 0 Å². The molecule has 1 aromatic rings. The minimum Gasteiger partial charge on any atom is -0.395 e. The van der Waals surface area contributed by atoms with Gasteiger partial charge in [0.05, 0.1) is 6.61 Å². The van der Waals surface area contributed by atoms with Crippen LogP contribution in [0.25, 0.3) is 0 Å². The molecule has 1 heterocycles. The number of aryl methyl sites for hydroxylation is 1. The number of hydrogen-bond donors (Lipinski definition) is 1. The molecule has 20 heavy (non-hydrogen) atoms. The highest BCUT2D eigenvalue weighted by Crippen LogP contribution is 2.13. The predicted molar refractivity (Wildman–Crippen MR) is 75.2 cm³/mol. The van der Waals surface area contributed by atoms with E-state index < -0.39 is 0 Å². The number of carbonyl (C=O) groups is 1. The molecule has 0 bridgehead atoms. The van der Waals surface area contributed by atoms with Gasteiger partial charge in [0.1, 0.15) is 5.82 Å². The molecule has 1 saturated heterocycles. The molecular weight excluding hydrogens is 259 g/mol. The van der Waals surface area contributed by atoms with E-state index in [0.717, 1.165) is 25.1 Å². The molecule has 0 unspecified atom stereocenters. The van der Waals surface area contributed by atoms with Crippen LogP contribution in [0.4, 0.5) is 4.39 Å². The number of nitrogens with zero attached hydrogens (tertiary/aromatic N) is 2. The second-order valence-electron chi connectivity index (χ2n) is 5.23. The number of halogens is 1. The molecule has 0 atom stereocenters. The van der Waals surface area contributed by atoms with E-state index in [-0.39, 0.29) is 18.3 Å². The lowest BCUT2D eigenvalue weighted by Gasteiger charge is -2.21. The van der Waals surface area contributed by atoms with Crippen LogP contribution in [0.15, 0.2) is 18.2 Å². The monoisotopic (exact) mass is 280 g/mol. The van der Waals surface area contributed by atoms with Crippen molar-refractivity contribution in [1.82, 2.24) is 9.80 Å². The molecular formula is C15H21FN2O2. The van der Waals surface area contributed by atoms with E-state index in [1.807, 2.05) is 0 Å². The zero-order valence-corrected chi connectivity index (χ0v) is 11.8. The summed E-state index contributed by atoms with van der Waals surface area (Å²) < 4.78 is 13.4. The van der Waals surface area contributed by atoms with E-state index in [1.165, 1.54) is 12.1 Å². The molecule has 2 rings (SSSR count). The first-order valence-corrected chi connectivity index (χ1v) is 7.00. The van der Waals surface area contributed by atoms with Crippen LogP contribution in [0.1, 0.15) is 22.3 Å². The topological polar surface area (TPSA) is 43.8 Å². The number of hydrogen-bond acceptors (Lipinski definition) is 3. The molecule has 0 saturated carbocycles. The van der Waals surface area contributed by atoms with Crippen LogP contribution >= 0.6 is 0 Å². The zero-order chi connectivity index (χ0) is 14.5. The van der Waals surface area contributed by atoms with Gasteiger partial charge >= 0.3 is 0 Å². The average Bonchev–Trinajstić information content (AvgIpc) is 2.63. The minimum absolute atomic E-state index is 0.113. The molecule has 110 valence electrons. The molecule has 1 aliphatic rings. The molecule has 1 aromatic carbocycles. The van der Waals surface area contributed by atoms with Crippen molar-refractivity contribution < 1.29 is 14.3 Å². The number of rotatable bonds is 3. The van der Waals surface area contributed by atoms with Gasteiger partial charge in [0.25, 0.3) is 5.91 Å². The van der Waals surface area contributed by atoms with Crippen LogP contribution in [-0.2, 0) is 0 Å². The Morgan fingerprint density at radius 3 is 2.75 bits per heavy atom. The molecule has 4 nitrogen and oxygen atoms in total. The second kappa shape index (κ2) is 6.81. The lowest BCUT2D eigenvalue weighted by Crippen LogP contribution is -2.36. The average molecular weight is 280 g/mol. The van der Waals surface area contributed by atoms with Crippen molar-refractivity contribution >= 4 is 5.91 Å². The molecule has 0 aliphatic carbocycles. The lowest BCUT2D eigenvalue weighted by atomic mass is 10.1. The van der Waals surface area contributed by atoms with E-state index in [9.17, 15) is 9.18 Å². The number of benzene rings is 1. The maximum atomic E-state index is 13.4. The molecule has 0 aromatic heterocycles. The van der Waals surface area contributed by atoms with Crippen molar-refractivity contribution in [3.8, 4) is 0 Å². The van der Waals surface area contributed by atoms with Gasteiger partial charge < -0.3 is 10.0 Å². The molecule has 1 aliphatic heterocycles. The van der Waals surface area contributed by atoms with Gasteiger partial charge in [-0.3, -0.25) is 9.69 Å². The minimum atomic E-state index is -0.370. The third kappa shape index (κ3) is 3.77. The number of β-amino-alcohol motifs (C(OH)–C–C–N with tert-alkyl or cyclic N) is 1. The fraction of sp³-hybridized carbons (Fsp3) is 0.533. The van der Waals surface area contributed by atoms with Gasteiger partial charge in [-0.25, -0.2) is 4.39 Å². The van der Waals surface area contributed by atoms with Gasteiger partial charge in [0.15, 0.2) is 0 Å². The summed E-state index contributed by atoms with van der Waals surface area (Å²) >= 11 is 0. The fourth-order valence-electron chi connectivity index (χ4n) is 2.58. The first kappa shape index (κ1) is 14.9. The van der Waals surface area contributed by atoms with Gasteiger partial charge in [-0.1, -0.05) is 0 Å². The van der Waals surface area contributed by atoms with Crippen molar-refractivity contribution in [2.24, 2.45) is 0 Å². The van der Waals surface area contributed by atoms with E-state index in [0.29, 0.717) is 25.2 Å². The van der Waals surface area contributed by atoms with Crippen LogP contribution in [-0.4, -0.2) is 60.1 Å². The zero-order valence-electron chi connectivity index (χ0n) is 11.8. The maximum absolute atomic E-state index is 13.4. The Morgan fingerprint density at radius 1 is 1.25 bits per heavy atom. The van der Waals surface area contributed by atoms with Crippen molar-refractivity contribution in [3.05, 3.63) is 35.1 Å². The summed E-state index contributed by atoms with van der Waals surface area (Å²) in [5.74, 6) is -0.483. The normalized spacial score (nSPS) is 17.1. The Balaban J connectivity index is 2.05. The van der Waals surface area contributed by atoms with Gasteiger partial charge in [-0.05, 0) is 43.7 Å². The van der Waals surface area contributed by atoms with Gasteiger partial charge in [0, 0.05) is 31.7 Å². The number of amides is 1. The standard InChI is InChI=1S/C15H21FN2O2/c1-12-9-13(11-14(16)10-12)15(20)18-4-2-3-17(5-6-18)7-8-19/h9-11,19H,2-8H2,1H3. The summed E-state index contributed by atoms with van der Waals surface area (Å²) in [5, 5.41) is 8.96. The Kier molecular flexibility index (Phi) is 5.09. The van der Waals surface area contributed by atoms with E-state index in [1.54, 1.807) is 17.9 Å². The molecule has 1 fully saturated rings. The van der Waals surface area contributed by atoms with Gasteiger partial charge in [-0.15, -0.1) is 0 Å². The highest BCUT2D eigenvalue weighted by atomic mass is 19.1. The third-order valence-electron chi connectivity index (χ3n) is 3.58. The summed E-state index contributed by atoms with van der Waals surface area (Å²) in [6.45, 7) is 5.49. The lowest BCUT2D eigenvalue weighted by molar-refractivity contribution is 0.0760. The van der Waals surface area contributed by atoms with E-state index in [2.05, 4.69) is 4.90 Å². The summed E-state index contributed by atoms with van der Waals surface area (Å²) in [4.78, 5) is 16.3. The Labute approximate surface area is 118 Å². The summed E-state index contributed by atoms with van der Waals surface area (Å²) in [6.07, 6.45) is 0.875. The van der Waals surface area contributed by atoms with Gasteiger partial charge in [0.2, 0.25) is 0 Å². The number of aliphatic hydroxyl groups excluding tert-OH is 1. The largest absolute Gasteiger partial charge is 0.395 e. The number of aliphatic hydroxyl groups is 1. The fourth-order valence-corrected chi connectivity index (χ4v) is 2.58. The van der Waals surface area contributed by atoms with Crippen LogP contribution < -0.4 is 0 Å². The van der Waals surface area contributed by atoms with Crippen molar-refractivity contribution in [2.45, 2.75) is 13.3 Å². The molecule has 0 spiro atoms. The second-order valence-corrected chi connectivity index (χ2v) is 5.23. The van der Waals surface area contributed by atoms with Crippen molar-refractivity contribution in [1.29, 1.82) is 0 Å². The molecule has 1 N–H and O–H groups in total. The molecule has 1 amide bonds.